The molecule has 0 radical (unpaired) electrons. The van der Waals surface area contributed by atoms with Gasteiger partial charge in [-0.05, 0) is 104 Å². The third-order valence-electron chi connectivity index (χ3n) is 11.4. The van der Waals surface area contributed by atoms with Crippen LogP contribution in [-0.4, -0.2) is 57.1 Å². The second kappa shape index (κ2) is 7.86. The van der Waals surface area contributed by atoms with Gasteiger partial charge in [-0.1, -0.05) is 12.1 Å². The number of fused-ring (bicyclic) bond motifs is 1. The smallest absolute Gasteiger partial charge is 0.270 e. The zero-order valence-electron chi connectivity index (χ0n) is 21.4. The van der Waals surface area contributed by atoms with Gasteiger partial charge in [0.1, 0.15) is 11.4 Å². The van der Waals surface area contributed by atoms with Crippen molar-refractivity contribution < 1.29 is 9.90 Å². The van der Waals surface area contributed by atoms with E-state index >= 15 is 0 Å². The van der Waals surface area contributed by atoms with Crippen LogP contribution in [0.5, 0.6) is 5.75 Å². The number of aromatic nitrogens is 1. The summed E-state index contributed by atoms with van der Waals surface area (Å²) in [5, 5.41) is 10.6. The van der Waals surface area contributed by atoms with Crippen LogP contribution in [0.25, 0.3) is 0 Å². The number of likely N-dealkylation sites (tertiary alicyclic amines) is 2. The zero-order chi connectivity index (χ0) is 24.4. The van der Waals surface area contributed by atoms with Gasteiger partial charge in [-0.3, -0.25) is 14.5 Å². The molecule has 7 heteroatoms. The summed E-state index contributed by atoms with van der Waals surface area (Å²) in [6.45, 7) is 3.18. The number of pyridine rings is 1. The molecule has 2 aromatic rings. The fraction of sp³-hybridized carbons (Fsp3) is 0.600. The number of aromatic hydroxyl groups is 1. The van der Waals surface area contributed by atoms with Crippen molar-refractivity contribution in [2.24, 2.45) is 30.2 Å². The van der Waals surface area contributed by atoms with Gasteiger partial charge in [0, 0.05) is 43.7 Å². The number of piperidine rings is 1. The molecule has 37 heavy (non-hydrogen) atoms. The van der Waals surface area contributed by atoms with E-state index in [0.29, 0.717) is 29.3 Å². The maximum absolute atomic E-state index is 13.9. The number of carbonyl (C=O) groups is 1. The summed E-state index contributed by atoms with van der Waals surface area (Å²) in [5.41, 5.74) is 3.46. The number of benzene rings is 1. The van der Waals surface area contributed by atoms with E-state index in [1.165, 1.54) is 47.6 Å². The lowest BCUT2D eigenvalue weighted by molar-refractivity contribution is -0.102. The molecule has 8 rings (SSSR count). The summed E-state index contributed by atoms with van der Waals surface area (Å²) in [6.07, 6.45) is 8.41. The normalized spacial score (nSPS) is 37.1. The highest BCUT2D eigenvalue weighted by Crippen LogP contribution is 2.75. The summed E-state index contributed by atoms with van der Waals surface area (Å²) in [4.78, 5) is 31.1. The molecule has 3 saturated carbocycles. The Morgan fingerprint density at radius 3 is 2.78 bits per heavy atom. The van der Waals surface area contributed by atoms with Crippen LogP contribution in [0.2, 0.25) is 0 Å². The maximum Gasteiger partial charge on any atom is 0.270 e. The van der Waals surface area contributed by atoms with Gasteiger partial charge in [0.25, 0.3) is 11.5 Å². The van der Waals surface area contributed by atoms with E-state index in [4.69, 9.17) is 0 Å². The van der Waals surface area contributed by atoms with Gasteiger partial charge in [0.2, 0.25) is 0 Å². The Morgan fingerprint density at radius 1 is 1.14 bits per heavy atom. The number of carbonyl (C=O) groups excluding carboxylic acids is 1. The predicted molar refractivity (Wildman–Crippen MR) is 143 cm³/mol. The second-order valence-electron chi connectivity index (χ2n) is 12.7. The summed E-state index contributed by atoms with van der Waals surface area (Å²) >= 11 is 0. The first-order valence-corrected chi connectivity index (χ1v) is 14.0. The highest BCUT2D eigenvalue weighted by molar-refractivity contribution is 5.93. The highest BCUT2D eigenvalue weighted by Gasteiger charge is 2.76. The minimum Gasteiger partial charge on any atom is -0.508 e. The molecule has 6 unspecified atom stereocenters. The number of phenols is 1. The molecule has 6 atom stereocenters. The molecule has 4 aliphatic carbocycles. The van der Waals surface area contributed by atoms with Crippen molar-refractivity contribution in [2.75, 3.05) is 19.6 Å². The number of hydrogen-bond donors (Lipinski definition) is 1. The van der Waals surface area contributed by atoms with Crippen LogP contribution in [0, 0.1) is 23.2 Å². The quantitative estimate of drug-likeness (QED) is 0.668. The molecular formula is C30H36ClN3O3. The molecule has 6 nitrogen and oxygen atoms in total. The average Bonchev–Trinajstić information content (AvgIpc) is 3.56. The van der Waals surface area contributed by atoms with Gasteiger partial charge in [-0.25, -0.2) is 0 Å². The number of nitrogens with zero attached hydrogens (tertiary/aromatic N) is 3. The van der Waals surface area contributed by atoms with Crippen molar-refractivity contribution in [2.45, 2.75) is 62.4 Å². The summed E-state index contributed by atoms with van der Waals surface area (Å²) < 4.78 is 1.50. The van der Waals surface area contributed by atoms with Crippen molar-refractivity contribution in [1.29, 1.82) is 0 Å². The zero-order valence-corrected chi connectivity index (χ0v) is 22.3. The van der Waals surface area contributed by atoms with E-state index in [1.807, 2.05) is 6.07 Å². The van der Waals surface area contributed by atoms with Crippen LogP contribution >= 0.6 is 12.4 Å². The molecule has 3 heterocycles. The van der Waals surface area contributed by atoms with Gasteiger partial charge in [-0.15, -0.1) is 12.4 Å². The first-order valence-electron chi connectivity index (χ1n) is 14.0. The molecule has 1 aromatic carbocycles. The van der Waals surface area contributed by atoms with Gasteiger partial charge < -0.3 is 14.6 Å². The van der Waals surface area contributed by atoms with Crippen molar-refractivity contribution in [3.63, 3.8) is 0 Å². The molecule has 0 spiro atoms. The van der Waals surface area contributed by atoms with E-state index in [1.54, 1.807) is 19.2 Å². The predicted octanol–water partition coefficient (Wildman–Crippen LogP) is 3.73. The number of rotatable bonds is 3. The lowest BCUT2D eigenvalue weighted by atomic mass is 9.43. The Hall–Kier alpha value is -2.31. The van der Waals surface area contributed by atoms with Crippen LogP contribution in [0.15, 0.2) is 41.2 Å². The van der Waals surface area contributed by atoms with E-state index in [9.17, 15) is 14.7 Å². The first-order chi connectivity index (χ1) is 17.4. The van der Waals surface area contributed by atoms with E-state index < -0.39 is 0 Å². The van der Waals surface area contributed by atoms with E-state index in [-0.39, 0.29) is 40.7 Å². The number of phenolic OH excluding ortho intramolecular Hbond substituents is 1. The van der Waals surface area contributed by atoms with Crippen LogP contribution in [0.4, 0.5) is 0 Å². The first kappa shape index (κ1) is 23.8. The molecular weight excluding hydrogens is 486 g/mol. The molecule has 1 N–H and O–H groups in total. The molecule has 2 aliphatic heterocycles. The Bertz CT molecular complexity index is 1350. The Morgan fingerprint density at radius 2 is 1.97 bits per heavy atom. The molecule has 4 bridgehead atoms. The minimum absolute atomic E-state index is 0. The van der Waals surface area contributed by atoms with E-state index in [2.05, 4.69) is 21.9 Å². The van der Waals surface area contributed by atoms with Crippen LogP contribution in [0.3, 0.4) is 0 Å². The van der Waals surface area contributed by atoms with Crippen molar-refractivity contribution in [3.8, 4) is 5.75 Å². The van der Waals surface area contributed by atoms with Crippen molar-refractivity contribution >= 4 is 18.3 Å². The largest absolute Gasteiger partial charge is 0.508 e. The average molecular weight is 522 g/mol. The van der Waals surface area contributed by atoms with E-state index in [0.717, 1.165) is 44.7 Å². The Balaban J connectivity index is 0.00000231. The maximum atomic E-state index is 13.9. The lowest BCUT2D eigenvalue weighted by Gasteiger charge is -2.66. The SMILES string of the molecule is Cl.Cn1c(C(=O)N2CC3CC45CCC2C3C42CCN(CC3CC3)C5Cc3ccc(O)cc32)cccc1=O. The molecule has 1 aromatic heterocycles. The topological polar surface area (TPSA) is 65.8 Å². The number of hydrogen-bond acceptors (Lipinski definition) is 4. The van der Waals surface area contributed by atoms with Crippen LogP contribution in [-0.2, 0) is 18.9 Å². The minimum atomic E-state index is -0.135. The summed E-state index contributed by atoms with van der Waals surface area (Å²) in [5.74, 6) is 2.19. The molecule has 5 fully saturated rings. The van der Waals surface area contributed by atoms with Crippen molar-refractivity contribution in [1.82, 2.24) is 14.4 Å². The number of halogens is 1. The van der Waals surface area contributed by atoms with Gasteiger partial charge in [0.15, 0.2) is 0 Å². The molecule has 1 amide bonds. The van der Waals surface area contributed by atoms with Crippen LogP contribution < -0.4 is 5.56 Å². The van der Waals surface area contributed by atoms with Crippen LogP contribution in [0.1, 0.15) is 60.1 Å². The van der Waals surface area contributed by atoms with Gasteiger partial charge >= 0.3 is 0 Å². The van der Waals surface area contributed by atoms with Crippen molar-refractivity contribution in [3.05, 3.63) is 63.6 Å². The van der Waals surface area contributed by atoms with Gasteiger partial charge in [-0.2, -0.15) is 0 Å². The fourth-order valence-electron chi connectivity index (χ4n) is 10.1. The monoisotopic (exact) mass is 521 g/mol. The summed E-state index contributed by atoms with van der Waals surface area (Å²) in [7, 11) is 1.71. The lowest BCUT2D eigenvalue weighted by Crippen LogP contribution is -2.70. The third kappa shape index (κ3) is 2.92. The Kier molecular flexibility index (Phi) is 5.05. The fourth-order valence-corrected chi connectivity index (χ4v) is 10.1. The number of amides is 1. The summed E-state index contributed by atoms with van der Waals surface area (Å²) in [6, 6.07) is 12.0. The second-order valence-corrected chi connectivity index (χ2v) is 12.7. The third-order valence-corrected chi connectivity index (χ3v) is 11.4. The standard InChI is InChI=1S/C30H35N3O3.ClH/c1-31-24(3-2-4-26(31)35)28(36)33-17-20-15-29-10-9-23(33)27(20)30(29)11-12-32(16-18-5-6-18)25(29)13-19-7-8-21(34)14-22(19)30;/h2-4,7-8,14,18,20,23,25,27,34H,5-6,9-13,15-17H2,1H3;1H. The highest BCUT2D eigenvalue weighted by atomic mass is 35.5. The molecule has 2 saturated heterocycles. The Labute approximate surface area is 224 Å². The molecule has 196 valence electrons. The van der Waals surface area contributed by atoms with Gasteiger partial charge in [0.05, 0.1) is 0 Å². The molecule has 6 aliphatic rings.